The third-order valence-corrected chi connectivity index (χ3v) is 7.46. The fraction of sp³-hybridized carbons (Fsp3) is 0.440. The van der Waals surface area contributed by atoms with Gasteiger partial charge in [-0.1, -0.05) is 42.1 Å². The van der Waals surface area contributed by atoms with E-state index in [0.29, 0.717) is 42.9 Å². The molecule has 0 saturated carbocycles. The first-order chi connectivity index (χ1) is 17.2. The first-order valence-corrected chi connectivity index (χ1v) is 13.1. The van der Waals surface area contributed by atoms with Crippen molar-refractivity contribution >= 4 is 23.6 Å². The Kier molecular flexibility index (Phi) is 7.48. The van der Waals surface area contributed by atoms with E-state index in [1.165, 1.54) is 11.8 Å². The maximum atomic E-state index is 12.9. The molecule has 0 N–H and O–H groups in total. The molecule has 4 heterocycles. The van der Waals surface area contributed by atoms with Crippen LogP contribution in [0.3, 0.4) is 0 Å². The fourth-order valence-electron chi connectivity index (χ4n) is 4.52. The lowest BCUT2D eigenvalue weighted by Gasteiger charge is -2.35. The predicted molar refractivity (Wildman–Crippen MR) is 133 cm³/mol. The van der Waals surface area contributed by atoms with Crippen LogP contribution in [0.5, 0.6) is 0 Å². The molecule has 2 aliphatic rings. The number of benzene rings is 1. The van der Waals surface area contributed by atoms with Crippen molar-refractivity contribution in [2.45, 2.75) is 24.5 Å². The molecule has 2 amide bonds. The van der Waals surface area contributed by atoms with Crippen LogP contribution in [0.1, 0.15) is 18.4 Å². The highest BCUT2D eigenvalue weighted by atomic mass is 32.2. The number of piperazine rings is 1. The number of hydrogen-bond donors (Lipinski definition) is 0. The summed E-state index contributed by atoms with van der Waals surface area (Å²) in [7, 11) is 0. The Hall–Kier alpha value is -3.11. The highest BCUT2D eigenvalue weighted by Crippen LogP contribution is 2.26. The van der Waals surface area contributed by atoms with Crippen LogP contribution < -0.4 is 0 Å². The first kappa shape index (κ1) is 23.6. The molecule has 5 rings (SSSR count). The van der Waals surface area contributed by atoms with Crippen molar-refractivity contribution in [3.8, 4) is 11.6 Å². The van der Waals surface area contributed by atoms with E-state index in [2.05, 4.69) is 27.2 Å². The lowest BCUT2D eigenvalue weighted by Crippen LogP contribution is -2.51. The van der Waals surface area contributed by atoms with Gasteiger partial charge in [0.1, 0.15) is 0 Å². The van der Waals surface area contributed by atoms with Gasteiger partial charge < -0.3 is 14.2 Å². The number of likely N-dealkylation sites (tertiary alicyclic amines) is 1. The van der Waals surface area contributed by atoms with Crippen LogP contribution in [0, 0.1) is 0 Å². The van der Waals surface area contributed by atoms with Crippen LogP contribution in [0.4, 0.5) is 0 Å². The number of amides is 2. The minimum Gasteiger partial charge on any atom is -0.461 e. The van der Waals surface area contributed by atoms with Crippen LogP contribution in [0.25, 0.3) is 11.6 Å². The average Bonchev–Trinajstić information content (AvgIpc) is 3.66. The van der Waals surface area contributed by atoms with Crippen molar-refractivity contribution < 1.29 is 14.0 Å². The summed E-state index contributed by atoms with van der Waals surface area (Å²) < 4.78 is 7.56. The molecule has 0 unspecified atom stereocenters. The van der Waals surface area contributed by atoms with Gasteiger partial charge in [0, 0.05) is 39.3 Å². The van der Waals surface area contributed by atoms with Crippen molar-refractivity contribution in [1.29, 1.82) is 0 Å². The van der Waals surface area contributed by atoms with Crippen molar-refractivity contribution in [2.24, 2.45) is 0 Å². The van der Waals surface area contributed by atoms with E-state index < -0.39 is 0 Å². The van der Waals surface area contributed by atoms with Gasteiger partial charge in [-0.25, -0.2) is 0 Å². The van der Waals surface area contributed by atoms with E-state index in [-0.39, 0.29) is 17.6 Å². The van der Waals surface area contributed by atoms with E-state index in [4.69, 9.17) is 4.42 Å². The summed E-state index contributed by atoms with van der Waals surface area (Å²) in [5, 5.41) is 9.39. The molecule has 0 spiro atoms. The van der Waals surface area contributed by atoms with Gasteiger partial charge >= 0.3 is 0 Å². The highest BCUT2D eigenvalue weighted by molar-refractivity contribution is 7.99. The van der Waals surface area contributed by atoms with Crippen LogP contribution in [-0.4, -0.2) is 92.8 Å². The standard InChI is InChI=1S/C25H30N6O3S/c32-22(29-10-4-5-11-29)18-28-12-14-30(15-13-28)23(33)19-35-25-27-26-24(21-9-6-16-34-21)31(25)17-20-7-2-1-3-8-20/h1-3,6-9,16H,4-5,10-15,17-19H2. The molecule has 3 aromatic rings. The number of rotatable bonds is 8. The number of aromatic nitrogens is 3. The van der Waals surface area contributed by atoms with E-state index >= 15 is 0 Å². The Morgan fingerprint density at radius 2 is 1.60 bits per heavy atom. The van der Waals surface area contributed by atoms with Gasteiger partial charge in [-0.05, 0) is 30.5 Å². The van der Waals surface area contributed by atoms with E-state index in [9.17, 15) is 9.59 Å². The Morgan fingerprint density at radius 3 is 2.31 bits per heavy atom. The molecule has 0 radical (unpaired) electrons. The summed E-state index contributed by atoms with van der Waals surface area (Å²) in [6.07, 6.45) is 3.83. The van der Waals surface area contributed by atoms with Crippen molar-refractivity contribution in [2.75, 3.05) is 51.6 Å². The van der Waals surface area contributed by atoms with Gasteiger partial charge in [0.2, 0.25) is 17.6 Å². The van der Waals surface area contributed by atoms with Crippen LogP contribution in [-0.2, 0) is 16.1 Å². The maximum Gasteiger partial charge on any atom is 0.236 e. The Bertz CT molecular complexity index is 1120. The molecular weight excluding hydrogens is 464 g/mol. The molecule has 2 aliphatic heterocycles. The van der Waals surface area contributed by atoms with Crippen LogP contribution in [0.2, 0.25) is 0 Å². The summed E-state index contributed by atoms with van der Waals surface area (Å²) in [5.74, 6) is 1.87. The summed E-state index contributed by atoms with van der Waals surface area (Å²) in [6.45, 7) is 5.53. The third kappa shape index (κ3) is 5.76. The second-order valence-corrected chi connectivity index (χ2v) is 9.83. The summed E-state index contributed by atoms with van der Waals surface area (Å²) in [6, 6.07) is 13.8. The van der Waals surface area contributed by atoms with Gasteiger partial charge in [-0.2, -0.15) is 0 Å². The Morgan fingerprint density at radius 1 is 0.857 bits per heavy atom. The largest absolute Gasteiger partial charge is 0.461 e. The van der Waals surface area contributed by atoms with Crippen molar-refractivity contribution in [1.82, 2.24) is 29.5 Å². The number of carbonyl (C=O) groups is 2. The van der Waals surface area contributed by atoms with Gasteiger partial charge in [0.25, 0.3) is 0 Å². The number of nitrogens with zero attached hydrogens (tertiary/aromatic N) is 6. The predicted octanol–water partition coefficient (Wildman–Crippen LogP) is 2.45. The molecular formula is C25H30N6O3S. The monoisotopic (exact) mass is 494 g/mol. The Labute approximate surface area is 209 Å². The average molecular weight is 495 g/mol. The number of thioether (sulfide) groups is 1. The van der Waals surface area contributed by atoms with Gasteiger partial charge in [-0.3, -0.25) is 19.1 Å². The molecule has 9 nitrogen and oxygen atoms in total. The van der Waals surface area contributed by atoms with Gasteiger partial charge in [0.05, 0.1) is 25.1 Å². The van der Waals surface area contributed by atoms with Crippen LogP contribution >= 0.6 is 11.8 Å². The minimum absolute atomic E-state index is 0.0781. The SMILES string of the molecule is O=C(CSc1nnc(-c2ccco2)n1Cc1ccccc1)N1CCN(CC(=O)N2CCCC2)CC1. The maximum absolute atomic E-state index is 12.9. The number of furan rings is 1. The number of hydrogen-bond acceptors (Lipinski definition) is 7. The molecule has 2 aromatic heterocycles. The molecule has 1 aromatic carbocycles. The van der Waals surface area contributed by atoms with Gasteiger partial charge in [-0.15, -0.1) is 10.2 Å². The quantitative estimate of drug-likeness (QED) is 0.445. The lowest BCUT2D eigenvalue weighted by atomic mass is 10.2. The molecule has 10 heteroatoms. The summed E-state index contributed by atoms with van der Waals surface area (Å²) in [4.78, 5) is 31.4. The second-order valence-electron chi connectivity index (χ2n) is 8.89. The molecule has 0 aliphatic carbocycles. The molecule has 35 heavy (non-hydrogen) atoms. The second kappa shape index (κ2) is 11.1. The van der Waals surface area contributed by atoms with Crippen molar-refractivity contribution in [3.63, 3.8) is 0 Å². The highest BCUT2D eigenvalue weighted by Gasteiger charge is 2.26. The fourth-order valence-corrected chi connectivity index (χ4v) is 5.36. The van der Waals surface area contributed by atoms with E-state index in [1.54, 1.807) is 6.26 Å². The number of carbonyl (C=O) groups excluding carboxylic acids is 2. The van der Waals surface area contributed by atoms with E-state index in [0.717, 1.165) is 44.6 Å². The van der Waals surface area contributed by atoms with Gasteiger partial charge in [0.15, 0.2) is 10.9 Å². The zero-order valence-electron chi connectivity index (χ0n) is 19.7. The smallest absolute Gasteiger partial charge is 0.236 e. The molecule has 2 fully saturated rings. The molecule has 2 saturated heterocycles. The zero-order valence-corrected chi connectivity index (χ0v) is 20.5. The molecule has 0 atom stereocenters. The third-order valence-electron chi connectivity index (χ3n) is 6.51. The molecule has 184 valence electrons. The molecule has 0 bridgehead atoms. The lowest BCUT2D eigenvalue weighted by molar-refractivity contribution is -0.133. The normalized spacial score (nSPS) is 16.7. The first-order valence-electron chi connectivity index (χ1n) is 12.1. The summed E-state index contributed by atoms with van der Waals surface area (Å²) in [5.41, 5.74) is 1.12. The summed E-state index contributed by atoms with van der Waals surface area (Å²) >= 11 is 1.40. The van der Waals surface area contributed by atoms with Crippen molar-refractivity contribution in [3.05, 3.63) is 54.3 Å². The minimum atomic E-state index is 0.0781. The Balaban J connectivity index is 1.17. The van der Waals surface area contributed by atoms with Crippen LogP contribution in [0.15, 0.2) is 58.3 Å². The topological polar surface area (TPSA) is 87.7 Å². The zero-order chi connectivity index (χ0) is 24.0. The van der Waals surface area contributed by atoms with E-state index in [1.807, 2.05) is 44.7 Å².